The van der Waals surface area contributed by atoms with Crippen molar-refractivity contribution in [3.05, 3.63) is 41.9 Å². The Hall–Kier alpha value is -2.83. The van der Waals surface area contributed by atoms with Crippen molar-refractivity contribution in [2.24, 2.45) is 15.9 Å². The third kappa shape index (κ3) is 2.54. The lowest BCUT2D eigenvalue weighted by Gasteiger charge is -2.37. The molecular weight excluding hydrogens is 294 g/mol. The molecule has 0 spiro atoms. The number of amides is 3. The number of aliphatic imine (C=N–C) groups is 2. The van der Waals surface area contributed by atoms with Crippen LogP contribution in [0.25, 0.3) is 0 Å². The van der Waals surface area contributed by atoms with Gasteiger partial charge in [-0.1, -0.05) is 6.07 Å². The van der Waals surface area contributed by atoms with Gasteiger partial charge in [-0.05, 0) is 24.1 Å². The van der Waals surface area contributed by atoms with Crippen LogP contribution in [0, 0.1) is 5.92 Å². The summed E-state index contributed by atoms with van der Waals surface area (Å²) in [6.07, 6.45) is 5.09. The summed E-state index contributed by atoms with van der Waals surface area (Å²) in [7, 11) is 3.09. The molecule has 3 amide bonds. The third-order valence-electron chi connectivity index (χ3n) is 3.98. The van der Waals surface area contributed by atoms with Crippen LogP contribution in [0.1, 0.15) is 12.5 Å². The molecule has 1 fully saturated rings. The highest BCUT2D eigenvalue weighted by Gasteiger charge is 2.44. The van der Waals surface area contributed by atoms with E-state index >= 15 is 0 Å². The van der Waals surface area contributed by atoms with Crippen molar-refractivity contribution < 1.29 is 9.59 Å². The monoisotopic (exact) mass is 311 g/mol. The summed E-state index contributed by atoms with van der Waals surface area (Å²) >= 11 is 0. The first-order valence-corrected chi connectivity index (χ1v) is 7.24. The quantitative estimate of drug-likeness (QED) is 0.830. The summed E-state index contributed by atoms with van der Waals surface area (Å²) in [6, 6.07) is 3.39. The first-order chi connectivity index (χ1) is 11.0. The van der Waals surface area contributed by atoms with Gasteiger partial charge < -0.3 is 0 Å². The molecule has 1 aromatic heterocycles. The first kappa shape index (κ1) is 15.1. The lowest BCUT2D eigenvalue weighted by Crippen LogP contribution is -2.59. The fourth-order valence-electron chi connectivity index (χ4n) is 2.66. The van der Waals surface area contributed by atoms with Gasteiger partial charge in [-0.25, -0.2) is 9.79 Å². The number of hydrogen-bond acceptors (Lipinski definition) is 5. The van der Waals surface area contributed by atoms with E-state index in [1.54, 1.807) is 25.6 Å². The largest absolute Gasteiger partial charge is 0.331 e. The van der Waals surface area contributed by atoms with Crippen LogP contribution >= 0.6 is 0 Å². The zero-order valence-corrected chi connectivity index (χ0v) is 13.2. The van der Waals surface area contributed by atoms with Gasteiger partial charge in [0.1, 0.15) is 11.8 Å². The van der Waals surface area contributed by atoms with Gasteiger partial charge in [0.25, 0.3) is 0 Å². The molecule has 0 bridgehead atoms. The average Bonchev–Trinajstić information content (AvgIpc) is 2.57. The molecule has 2 aliphatic heterocycles. The number of fused-ring (bicyclic) bond motifs is 1. The van der Waals surface area contributed by atoms with E-state index in [0.29, 0.717) is 18.1 Å². The van der Waals surface area contributed by atoms with Crippen LogP contribution < -0.4 is 0 Å². The van der Waals surface area contributed by atoms with E-state index in [2.05, 4.69) is 15.0 Å². The Morgan fingerprint density at radius 2 is 2.04 bits per heavy atom. The Morgan fingerprint density at radius 1 is 1.26 bits per heavy atom. The van der Waals surface area contributed by atoms with Gasteiger partial charge in [0, 0.05) is 32.7 Å². The van der Waals surface area contributed by atoms with E-state index in [9.17, 15) is 9.59 Å². The molecule has 23 heavy (non-hydrogen) atoms. The van der Waals surface area contributed by atoms with Crippen LogP contribution in [0.4, 0.5) is 4.79 Å². The Morgan fingerprint density at radius 3 is 2.74 bits per heavy atom. The topological polar surface area (TPSA) is 78.2 Å². The summed E-state index contributed by atoms with van der Waals surface area (Å²) < 4.78 is 0. The van der Waals surface area contributed by atoms with Gasteiger partial charge in [-0.3, -0.25) is 24.6 Å². The van der Waals surface area contributed by atoms with Crippen LogP contribution in [-0.4, -0.2) is 52.4 Å². The molecule has 0 aliphatic carbocycles. The van der Waals surface area contributed by atoms with Crippen molar-refractivity contribution in [1.82, 2.24) is 14.8 Å². The minimum Gasteiger partial charge on any atom is -0.284 e. The number of aromatic nitrogens is 1. The summed E-state index contributed by atoms with van der Waals surface area (Å²) in [4.78, 5) is 40.1. The summed E-state index contributed by atoms with van der Waals surface area (Å²) in [5.74, 6) is -0.512. The maximum absolute atomic E-state index is 12.6. The molecule has 1 saturated heterocycles. The Bertz CT molecular complexity index is 751. The van der Waals surface area contributed by atoms with Gasteiger partial charge in [0.05, 0.1) is 12.3 Å². The van der Waals surface area contributed by atoms with E-state index in [-0.39, 0.29) is 11.9 Å². The third-order valence-corrected chi connectivity index (χ3v) is 3.98. The Balaban J connectivity index is 1.97. The molecule has 0 aromatic carbocycles. The molecule has 7 nitrogen and oxygen atoms in total. The predicted molar refractivity (Wildman–Crippen MR) is 86.0 cm³/mol. The zero-order chi connectivity index (χ0) is 16.6. The molecule has 0 N–H and O–H groups in total. The number of rotatable bonds is 2. The number of amidine groups is 1. The van der Waals surface area contributed by atoms with Gasteiger partial charge in [-0.2, -0.15) is 0 Å². The maximum Gasteiger partial charge on any atom is 0.331 e. The van der Waals surface area contributed by atoms with Crippen LogP contribution in [0.3, 0.4) is 0 Å². The fourth-order valence-corrected chi connectivity index (χ4v) is 2.66. The second kappa shape index (κ2) is 5.75. The Labute approximate surface area is 134 Å². The number of imide groups is 1. The highest BCUT2D eigenvalue weighted by atomic mass is 16.2. The maximum atomic E-state index is 12.6. The first-order valence-electron chi connectivity index (χ1n) is 7.24. The van der Waals surface area contributed by atoms with E-state index in [4.69, 9.17) is 0 Å². The zero-order valence-electron chi connectivity index (χ0n) is 13.2. The van der Waals surface area contributed by atoms with Crippen LogP contribution in [0.15, 0.2) is 46.3 Å². The molecule has 1 aromatic rings. The molecule has 3 heterocycles. The van der Waals surface area contributed by atoms with E-state index in [1.807, 2.05) is 19.1 Å². The second-order valence-corrected chi connectivity index (χ2v) is 5.53. The number of carbonyl (C=O) groups is 2. The minimum atomic E-state index is -0.635. The molecule has 1 unspecified atom stereocenters. The van der Waals surface area contributed by atoms with Crippen LogP contribution in [0.2, 0.25) is 0 Å². The summed E-state index contributed by atoms with van der Waals surface area (Å²) in [5, 5.41) is 0. The number of allylic oxidation sites excluding steroid dienone is 1. The number of urea groups is 1. The highest BCUT2D eigenvalue weighted by Crippen LogP contribution is 2.25. The highest BCUT2D eigenvalue weighted by molar-refractivity contribution is 6.33. The average molecular weight is 311 g/mol. The molecule has 7 heteroatoms. The minimum absolute atomic E-state index is 0.302. The number of hydrogen-bond donors (Lipinski definition) is 0. The Kier molecular flexibility index (Phi) is 3.77. The molecule has 0 radical (unpaired) electrons. The van der Waals surface area contributed by atoms with E-state index in [1.165, 1.54) is 11.9 Å². The van der Waals surface area contributed by atoms with Crippen molar-refractivity contribution in [2.45, 2.75) is 13.5 Å². The van der Waals surface area contributed by atoms with Gasteiger partial charge in [0.2, 0.25) is 5.91 Å². The predicted octanol–water partition coefficient (Wildman–Crippen LogP) is 1.48. The van der Waals surface area contributed by atoms with Gasteiger partial charge >= 0.3 is 6.03 Å². The SMILES string of the molecule is CC1=CN=C2C(C(=O)N(C)C(=O)N2C)C1=NCc1cccnc1. The van der Waals surface area contributed by atoms with Gasteiger partial charge in [-0.15, -0.1) is 0 Å². The lowest BCUT2D eigenvalue weighted by molar-refractivity contribution is -0.128. The van der Waals surface area contributed by atoms with Crippen molar-refractivity contribution in [2.75, 3.05) is 14.1 Å². The van der Waals surface area contributed by atoms with Crippen LogP contribution in [0.5, 0.6) is 0 Å². The molecule has 118 valence electrons. The molecule has 1 atom stereocenters. The van der Waals surface area contributed by atoms with Crippen LogP contribution in [-0.2, 0) is 11.3 Å². The second-order valence-electron chi connectivity index (χ2n) is 5.53. The van der Waals surface area contributed by atoms with Crippen molar-refractivity contribution in [3.63, 3.8) is 0 Å². The van der Waals surface area contributed by atoms with Crippen molar-refractivity contribution in [1.29, 1.82) is 0 Å². The lowest BCUT2D eigenvalue weighted by atomic mass is 9.91. The summed E-state index contributed by atoms with van der Waals surface area (Å²) in [6.45, 7) is 2.29. The summed E-state index contributed by atoms with van der Waals surface area (Å²) in [5.41, 5.74) is 2.43. The van der Waals surface area contributed by atoms with Crippen molar-refractivity contribution in [3.8, 4) is 0 Å². The van der Waals surface area contributed by atoms with Crippen molar-refractivity contribution >= 4 is 23.5 Å². The molecule has 3 rings (SSSR count). The smallest absolute Gasteiger partial charge is 0.284 e. The number of carbonyl (C=O) groups excluding carboxylic acids is 2. The number of nitrogens with zero attached hydrogens (tertiary/aromatic N) is 5. The van der Waals surface area contributed by atoms with Gasteiger partial charge in [0.15, 0.2) is 0 Å². The molecular formula is C16H17N5O2. The number of pyridine rings is 1. The fraction of sp³-hybridized carbons (Fsp3) is 0.312. The molecule has 2 aliphatic rings. The standard InChI is InChI=1S/C16H17N5O2/c1-10-7-19-14-12(15(22)21(3)16(23)20(14)2)13(10)18-9-11-5-4-6-17-8-11/h4-8,12H,9H2,1-3H3. The molecule has 0 saturated carbocycles. The normalized spacial score (nSPS) is 22.9. The van der Waals surface area contributed by atoms with E-state index < -0.39 is 5.92 Å². The van der Waals surface area contributed by atoms with E-state index in [0.717, 1.165) is 16.0 Å².